The lowest BCUT2D eigenvalue weighted by Gasteiger charge is -1.99. The van der Waals surface area contributed by atoms with Gasteiger partial charge in [-0.15, -0.1) is 11.3 Å². The summed E-state index contributed by atoms with van der Waals surface area (Å²) in [5.41, 5.74) is 0.845. The largest absolute Gasteiger partial charge is 0.459 e. The fourth-order valence-corrected chi connectivity index (χ4v) is 2.43. The molecule has 0 saturated carbocycles. The van der Waals surface area contributed by atoms with E-state index in [9.17, 15) is 4.79 Å². The number of amides is 1. The summed E-state index contributed by atoms with van der Waals surface area (Å²) in [6, 6.07) is 13.4. The van der Waals surface area contributed by atoms with Crippen molar-refractivity contribution in [3.63, 3.8) is 0 Å². The second kappa shape index (κ2) is 4.66. The van der Waals surface area contributed by atoms with E-state index in [1.807, 2.05) is 41.8 Å². The van der Waals surface area contributed by atoms with Crippen molar-refractivity contribution in [2.45, 2.75) is 6.54 Å². The molecule has 3 aromatic rings. The second-order valence-corrected chi connectivity index (χ2v) is 4.86. The van der Waals surface area contributed by atoms with Crippen LogP contribution in [0.4, 0.5) is 0 Å². The molecule has 0 aliphatic heterocycles. The number of para-hydroxylation sites is 1. The molecular weight excluding hydrogens is 246 g/mol. The molecule has 0 atom stereocenters. The minimum atomic E-state index is -0.0644. The molecule has 1 aromatic carbocycles. The van der Waals surface area contributed by atoms with Crippen molar-refractivity contribution in [2.24, 2.45) is 0 Å². The van der Waals surface area contributed by atoms with Crippen LogP contribution in [-0.2, 0) is 6.54 Å². The van der Waals surface area contributed by atoms with E-state index < -0.39 is 0 Å². The third-order valence-corrected chi connectivity index (χ3v) is 3.51. The predicted octanol–water partition coefficient (Wildman–Crippen LogP) is 3.42. The van der Waals surface area contributed by atoms with Crippen molar-refractivity contribution in [1.29, 1.82) is 0 Å². The Morgan fingerprint density at radius 2 is 2.11 bits per heavy atom. The molecule has 0 unspecified atom stereocenters. The summed E-state index contributed by atoms with van der Waals surface area (Å²) in [7, 11) is 0. The molecule has 3 rings (SSSR count). The molecule has 0 bridgehead atoms. The molecule has 0 radical (unpaired) electrons. The van der Waals surface area contributed by atoms with Gasteiger partial charge in [-0.25, -0.2) is 0 Å². The standard InChI is InChI=1S/C14H11NO2S/c16-14(13-6-3-7-18-13)15-9-11-8-10-4-1-2-5-12(10)17-11/h1-8H,9H2,(H,15,16). The summed E-state index contributed by atoms with van der Waals surface area (Å²) in [5.74, 6) is 0.701. The van der Waals surface area contributed by atoms with E-state index in [1.165, 1.54) is 11.3 Å². The molecule has 4 heteroatoms. The Bertz CT molecular complexity index is 637. The van der Waals surface area contributed by atoms with Gasteiger partial charge in [0.2, 0.25) is 0 Å². The summed E-state index contributed by atoms with van der Waals surface area (Å²) in [6.45, 7) is 0.408. The van der Waals surface area contributed by atoms with Gasteiger partial charge in [-0.3, -0.25) is 4.79 Å². The summed E-state index contributed by atoms with van der Waals surface area (Å²) in [6.07, 6.45) is 0. The summed E-state index contributed by atoms with van der Waals surface area (Å²) in [5, 5.41) is 5.78. The minimum absolute atomic E-state index is 0.0644. The van der Waals surface area contributed by atoms with Gasteiger partial charge in [0.15, 0.2) is 0 Å². The normalized spacial score (nSPS) is 10.7. The summed E-state index contributed by atoms with van der Waals surface area (Å²) in [4.78, 5) is 12.5. The monoisotopic (exact) mass is 257 g/mol. The van der Waals surface area contributed by atoms with Crippen LogP contribution in [0.3, 0.4) is 0 Å². The lowest BCUT2D eigenvalue weighted by atomic mass is 10.2. The van der Waals surface area contributed by atoms with Crippen molar-refractivity contribution >= 4 is 28.2 Å². The molecule has 18 heavy (non-hydrogen) atoms. The predicted molar refractivity (Wildman–Crippen MR) is 71.7 cm³/mol. The van der Waals surface area contributed by atoms with Gasteiger partial charge < -0.3 is 9.73 Å². The number of benzene rings is 1. The Kier molecular flexibility index (Phi) is 2.86. The third-order valence-electron chi connectivity index (χ3n) is 2.64. The van der Waals surface area contributed by atoms with Crippen molar-refractivity contribution in [1.82, 2.24) is 5.32 Å². The maximum Gasteiger partial charge on any atom is 0.261 e. The topological polar surface area (TPSA) is 42.2 Å². The number of hydrogen-bond acceptors (Lipinski definition) is 3. The Balaban J connectivity index is 1.71. The number of furan rings is 1. The third kappa shape index (κ3) is 2.15. The van der Waals surface area contributed by atoms with Gasteiger partial charge in [-0.1, -0.05) is 24.3 Å². The first-order valence-electron chi connectivity index (χ1n) is 5.62. The average molecular weight is 257 g/mol. The molecule has 90 valence electrons. The first-order chi connectivity index (χ1) is 8.83. The molecule has 0 saturated heterocycles. The molecule has 1 amide bonds. The van der Waals surface area contributed by atoms with E-state index in [0.717, 1.165) is 16.7 Å². The van der Waals surface area contributed by atoms with Crippen LogP contribution in [0.15, 0.2) is 52.3 Å². The zero-order valence-corrected chi connectivity index (χ0v) is 10.4. The number of thiophene rings is 1. The minimum Gasteiger partial charge on any atom is -0.459 e. The number of nitrogens with one attached hydrogen (secondary N) is 1. The van der Waals surface area contributed by atoms with Gasteiger partial charge in [0.1, 0.15) is 11.3 Å². The van der Waals surface area contributed by atoms with Gasteiger partial charge in [0.25, 0.3) is 5.91 Å². The van der Waals surface area contributed by atoms with Gasteiger partial charge in [-0.05, 0) is 23.6 Å². The van der Waals surface area contributed by atoms with Crippen LogP contribution in [-0.4, -0.2) is 5.91 Å². The molecule has 0 fully saturated rings. The van der Waals surface area contributed by atoms with Crippen molar-refractivity contribution in [3.8, 4) is 0 Å². The van der Waals surface area contributed by atoms with E-state index in [2.05, 4.69) is 5.32 Å². The highest BCUT2D eigenvalue weighted by Crippen LogP contribution is 2.18. The smallest absolute Gasteiger partial charge is 0.261 e. The average Bonchev–Trinajstić information content (AvgIpc) is 3.04. The molecule has 1 N–H and O–H groups in total. The Labute approximate surface area is 108 Å². The number of rotatable bonds is 3. The van der Waals surface area contributed by atoms with Gasteiger partial charge >= 0.3 is 0 Å². The lowest BCUT2D eigenvalue weighted by molar-refractivity contribution is 0.0952. The maximum atomic E-state index is 11.8. The fourth-order valence-electron chi connectivity index (χ4n) is 1.79. The summed E-state index contributed by atoms with van der Waals surface area (Å²) < 4.78 is 5.62. The zero-order valence-electron chi connectivity index (χ0n) is 9.55. The van der Waals surface area contributed by atoms with E-state index in [4.69, 9.17) is 4.42 Å². The number of carbonyl (C=O) groups excluding carboxylic acids is 1. The number of hydrogen-bond donors (Lipinski definition) is 1. The molecule has 3 nitrogen and oxygen atoms in total. The number of carbonyl (C=O) groups is 1. The molecule has 0 aliphatic rings. The fraction of sp³-hybridized carbons (Fsp3) is 0.0714. The van der Waals surface area contributed by atoms with Crippen LogP contribution >= 0.6 is 11.3 Å². The van der Waals surface area contributed by atoms with Crippen molar-refractivity contribution in [2.75, 3.05) is 0 Å². The van der Waals surface area contributed by atoms with E-state index in [1.54, 1.807) is 6.07 Å². The van der Waals surface area contributed by atoms with Gasteiger partial charge in [0, 0.05) is 5.39 Å². The van der Waals surface area contributed by atoms with Crippen LogP contribution < -0.4 is 5.32 Å². The van der Waals surface area contributed by atoms with Crippen LogP contribution in [0.5, 0.6) is 0 Å². The van der Waals surface area contributed by atoms with Crippen LogP contribution in [0.1, 0.15) is 15.4 Å². The SMILES string of the molecule is O=C(NCc1cc2ccccc2o1)c1cccs1. The molecule has 0 aliphatic carbocycles. The Hall–Kier alpha value is -2.07. The first-order valence-corrected chi connectivity index (χ1v) is 6.50. The van der Waals surface area contributed by atoms with Gasteiger partial charge in [0.05, 0.1) is 11.4 Å². The van der Waals surface area contributed by atoms with E-state index in [-0.39, 0.29) is 5.91 Å². The van der Waals surface area contributed by atoms with Crippen LogP contribution in [0.2, 0.25) is 0 Å². The molecule has 2 aromatic heterocycles. The van der Waals surface area contributed by atoms with E-state index in [0.29, 0.717) is 11.4 Å². The molecule has 0 spiro atoms. The van der Waals surface area contributed by atoms with Crippen molar-refractivity contribution < 1.29 is 9.21 Å². The van der Waals surface area contributed by atoms with Crippen molar-refractivity contribution in [3.05, 3.63) is 58.5 Å². The first kappa shape index (κ1) is 11.0. The zero-order chi connectivity index (χ0) is 12.4. The molecular formula is C14H11NO2S. The Morgan fingerprint density at radius 1 is 1.22 bits per heavy atom. The maximum absolute atomic E-state index is 11.8. The van der Waals surface area contributed by atoms with Crippen LogP contribution in [0.25, 0.3) is 11.0 Å². The highest BCUT2D eigenvalue weighted by atomic mass is 32.1. The second-order valence-electron chi connectivity index (χ2n) is 3.91. The Morgan fingerprint density at radius 3 is 2.89 bits per heavy atom. The van der Waals surface area contributed by atoms with Crippen LogP contribution in [0, 0.1) is 0 Å². The number of fused-ring (bicyclic) bond motifs is 1. The highest BCUT2D eigenvalue weighted by molar-refractivity contribution is 7.12. The van der Waals surface area contributed by atoms with E-state index >= 15 is 0 Å². The highest BCUT2D eigenvalue weighted by Gasteiger charge is 2.08. The molecule has 2 heterocycles. The summed E-state index contributed by atoms with van der Waals surface area (Å²) >= 11 is 1.43. The van der Waals surface area contributed by atoms with Gasteiger partial charge in [-0.2, -0.15) is 0 Å². The lowest BCUT2D eigenvalue weighted by Crippen LogP contribution is -2.21. The quantitative estimate of drug-likeness (QED) is 0.781.